The quantitative estimate of drug-likeness (QED) is 0.484. The molecule has 0 radical (unpaired) electrons. The predicted molar refractivity (Wildman–Crippen MR) is 67.2 cm³/mol. The van der Waals surface area contributed by atoms with Gasteiger partial charge in [0.15, 0.2) is 0 Å². The minimum Gasteiger partial charge on any atom is -0.317 e. The molecular formula is C13H8N4O. The minimum absolute atomic E-state index is 0.233. The topological polar surface area (TPSA) is 74.0 Å². The largest absolute Gasteiger partial charge is 0.317 e. The number of nitrogens with zero attached hydrogens (tertiary/aromatic N) is 2. The van der Waals surface area contributed by atoms with Crippen LogP contribution in [0.4, 0.5) is 0 Å². The number of fused-ring (bicyclic) bond motifs is 5. The molecule has 0 bridgehead atoms. The number of nitrogens with one attached hydrogen (secondary N) is 2. The maximum Gasteiger partial charge on any atom is 0.292 e. The van der Waals surface area contributed by atoms with Crippen LogP contribution in [0.25, 0.3) is 16.9 Å². The first-order chi connectivity index (χ1) is 8.77. The van der Waals surface area contributed by atoms with Crippen molar-refractivity contribution in [2.24, 2.45) is 0 Å². The molecule has 1 aromatic carbocycles. The summed E-state index contributed by atoms with van der Waals surface area (Å²) in [7, 11) is 0. The van der Waals surface area contributed by atoms with Crippen molar-refractivity contribution in [3.05, 3.63) is 58.3 Å². The maximum absolute atomic E-state index is 11.9. The average molecular weight is 236 g/mol. The summed E-state index contributed by atoms with van der Waals surface area (Å²) in [6.45, 7) is 0. The molecule has 2 heterocycles. The van der Waals surface area contributed by atoms with Crippen molar-refractivity contribution < 1.29 is 0 Å². The Morgan fingerprint density at radius 2 is 2.00 bits per heavy atom. The third-order valence-corrected chi connectivity index (χ3v) is 3.26. The molecule has 86 valence electrons. The molecule has 1 aliphatic rings. The number of hydrogen-bond acceptors (Lipinski definition) is 3. The van der Waals surface area contributed by atoms with Gasteiger partial charge >= 0.3 is 0 Å². The fourth-order valence-electron chi connectivity index (χ4n) is 2.49. The zero-order chi connectivity index (χ0) is 12.3. The molecule has 0 fully saturated rings. The van der Waals surface area contributed by atoms with Crippen LogP contribution >= 0.6 is 0 Å². The number of rotatable bonds is 0. The highest BCUT2D eigenvalue weighted by Crippen LogP contribution is 2.33. The lowest BCUT2D eigenvalue weighted by molar-refractivity contribution is 1.08. The second-order valence-corrected chi connectivity index (χ2v) is 4.22. The van der Waals surface area contributed by atoms with E-state index in [0.29, 0.717) is 22.7 Å². The third kappa shape index (κ3) is 0.940. The van der Waals surface area contributed by atoms with Crippen molar-refractivity contribution in [3.8, 4) is 11.3 Å². The van der Waals surface area contributed by atoms with Gasteiger partial charge in [0.2, 0.25) is 5.65 Å². The van der Waals surface area contributed by atoms with Gasteiger partial charge in [0, 0.05) is 23.5 Å². The normalized spacial score (nSPS) is 12.8. The summed E-state index contributed by atoms with van der Waals surface area (Å²) in [6.07, 6.45) is 3.28. The van der Waals surface area contributed by atoms with Gasteiger partial charge < -0.3 is 4.98 Å². The van der Waals surface area contributed by atoms with Gasteiger partial charge in [0.05, 0.1) is 17.1 Å². The number of benzene rings is 1. The van der Waals surface area contributed by atoms with Gasteiger partial charge in [-0.05, 0) is 0 Å². The highest BCUT2D eigenvalue weighted by atomic mass is 16.1. The summed E-state index contributed by atoms with van der Waals surface area (Å²) >= 11 is 0. The molecule has 2 N–H and O–H groups in total. The smallest absolute Gasteiger partial charge is 0.292 e. The number of H-pyrrole nitrogens is 1. The minimum atomic E-state index is -0.233. The molecule has 0 atom stereocenters. The molecule has 18 heavy (non-hydrogen) atoms. The molecule has 0 saturated heterocycles. The Hall–Kier alpha value is -2.69. The molecule has 0 aliphatic heterocycles. The summed E-state index contributed by atoms with van der Waals surface area (Å²) < 4.78 is 1.68. The monoisotopic (exact) mass is 236 g/mol. The fraction of sp³-hybridized carbons (Fsp3) is 0. The molecule has 0 amide bonds. The molecule has 4 rings (SSSR count). The van der Waals surface area contributed by atoms with Crippen molar-refractivity contribution in [2.75, 3.05) is 0 Å². The molecule has 0 spiro atoms. The Balaban J connectivity index is 2.26. The van der Waals surface area contributed by atoms with E-state index in [4.69, 9.17) is 5.41 Å². The molecule has 3 aromatic rings. The predicted octanol–water partition coefficient (Wildman–Crippen LogP) is 1.42. The summed E-state index contributed by atoms with van der Waals surface area (Å²) in [5.74, 6) is 0. The first-order valence-electron chi connectivity index (χ1n) is 5.55. The van der Waals surface area contributed by atoms with E-state index < -0.39 is 0 Å². The van der Waals surface area contributed by atoms with Crippen LogP contribution in [0.15, 0.2) is 41.5 Å². The van der Waals surface area contributed by atoms with Crippen LogP contribution in [0.2, 0.25) is 0 Å². The van der Waals surface area contributed by atoms with E-state index in [-0.39, 0.29) is 5.56 Å². The fourth-order valence-corrected chi connectivity index (χ4v) is 2.49. The SMILES string of the molecule is N=C1c2ccccc2-c2[nH]c(=O)c3nccn3c21. The zero-order valence-electron chi connectivity index (χ0n) is 9.27. The Morgan fingerprint density at radius 1 is 1.22 bits per heavy atom. The highest BCUT2D eigenvalue weighted by Gasteiger charge is 2.27. The van der Waals surface area contributed by atoms with Crippen molar-refractivity contribution in [1.82, 2.24) is 14.4 Å². The standard InChI is InChI=1S/C13H8N4O/c14-9-7-3-1-2-4-8(7)10-11(9)17-6-5-15-12(17)13(18)16-10/h1-6,14H,(H,16,18). The van der Waals surface area contributed by atoms with Gasteiger partial charge in [-0.25, -0.2) is 4.98 Å². The van der Waals surface area contributed by atoms with Crippen LogP contribution in [0.5, 0.6) is 0 Å². The van der Waals surface area contributed by atoms with Crippen molar-refractivity contribution in [2.45, 2.75) is 0 Å². The zero-order valence-corrected chi connectivity index (χ0v) is 9.27. The summed E-state index contributed by atoms with van der Waals surface area (Å²) in [5, 5.41) is 8.23. The molecule has 0 saturated carbocycles. The lowest BCUT2D eigenvalue weighted by atomic mass is 10.1. The van der Waals surface area contributed by atoms with E-state index in [1.807, 2.05) is 24.3 Å². The van der Waals surface area contributed by atoms with E-state index in [1.54, 1.807) is 16.8 Å². The number of hydrogen-bond donors (Lipinski definition) is 2. The molecule has 0 unspecified atom stereocenters. The molecule has 5 heteroatoms. The number of imidazole rings is 1. The first-order valence-corrected chi connectivity index (χ1v) is 5.55. The van der Waals surface area contributed by atoms with Crippen molar-refractivity contribution in [1.29, 1.82) is 5.41 Å². The van der Waals surface area contributed by atoms with E-state index in [9.17, 15) is 4.79 Å². The lowest BCUT2D eigenvalue weighted by Crippen LogP contribution is -2.15. The van der Waals surface area contributed by atoms with Crippen LogP contribution in [0.3, 0.4) is 0 Å². The number of aromatic nitrogens is 3. The first kappa shape index (κ1) is 9.35. The van der Waals surface area contributed by atoms with E-state index in [2.05, 4.69) is 9.97 Å². The van der Waals surface area contributed by atoms with Crippen LogP contribution in [-0.4, -0.2) is 20.1 Å². The molecular weight excluding hydrogens is 228 g/mol. The summed E-state index contributed by atoms with van der Waals surface area (Å²) in [5.41, 5.74) is 3.64. The molecule has 2 aromatic heterocycles. The summed E-state index contributed by atoms with van der Waals surface area (Å²) in [6, 6.07) is 7.59. The van der Waals surface area contributed by atoms with Crippen molar-refractivity contribution >= 4 is 11.4 Å². The average Bonchev–Trinajstić information content (AvgIpc) is 2.95. The van der Waals surface area contributed by atoms with Gasteiger partial charge in [-0.15, -0.1) is 0 Å². The molecule has 1 aliphatic carbocycles. The van der Waals surface area contributed by atoms with E-state index in [1.165, 1.54) is 0 Å². The van der Waals surface area contributed by atoms with Gasteiger partial charge in [0.1, 0.15) is 0 Å². The van der Waals surface area contributed by atoms with Gasteiger partial charge in [0.25, 0.3) is 5.56 Å². The van der Waals surface area contributed by atoms with E-state index >= 15 is 0 Å². The second-order valence-electron chi connectivity index (χ2n) is 4.22. The third-order valence-electron chi connectivity index (χ3n) is 3.26. The van der Waals surface area contributed by atoms with Crippen LogP contribution in [-0.2, 0) is 0 Å². The van der Waals surface area contributed by atoms with E-state index in [0.717, 1.165) is 11.1 Å². The Kier molecular flexibility index (Phi) is 1.53. The van der Waals surface area contributed by atoms with Crippen LogP contribution in [0.1, 0.15) is 11.3 Å². The Morgan fingerprint density at radius 3 is 2.83 bits per heavy atom. The lowest BCUT2D eigenvalue weighted by Gasteiger charge is -2.02. The number of aromatic amines is 1. The van der Waals surface area contributed by atoms with Crippen molar-refractivity contribution in [3.63, 3.8) is 0 Å². The van der Waals surface area contributed by atoms with Gasteiger partial charge in [-0.3, -0.25) is 14.6 Å². The van der Waals surface area contributed by atoms with Gasteiger partial charge in [-0.2, -0.15) is 0 Å². The summed E-state index contributed by atoms with van der Waals surface area (Å²) in [4.78, 5) is 18.7. The van der Waals surface area contributed by atoms with Crippen LogP contribution < -0.4 is 5.56 Å². The second kappa shape index (κ2) is 2.95. The molecule has 5 nitrogen and oxygen atoms in total. The van der Waals surface area contributed by atoms with Crippen LogP contribution in [0, 0.1) is 5.41 Å². The highest BCUT2D eigenvalue weighted by molar-refractivity contribution is 6.21. The Bertz CT molecular complexity index is 872. The maximum atomic E-state index is 11.9. The Labute approximate surface area is 101 Å². The van der Waals surface area contributed by atoms with Gasteiger partial charge in [-0.1, -0.05) is 24.3 Å².